The number of hydrogen-bond donors (Lipinski definition) is 1. The lowest BCUT2D eigenvalue weighted by molar-refractivity contribution is 0.0106. The summed E-state index contributed by atoms with van der Waals surface area (Å²) in [6, 6.07) is 9.21. The van der Waals surface area contributed by atoms with E-state index in [1.54, 1.807) is 15.9 Å². The standard InChI is InChI=1S/C14H17N5O2/c15-14(20)19-6-7-21-9-12(19)13-16-10-18(17-13)8-11-4-2-1-3-5-11/h1-5,10,12H,6-9H2,(H2,15,20). The van der Waals surface area contributed by atoms with E-state index in [9.17, 15) is 4.79 Å². The maximum Gasteiger partial charge on any atom is 0.315 e. The van der Waals surface area contributed by atoms with Crippen molar-refractivity contribution in [3.8, 4) is 0 Å². The first-order chi connectivity index (χ1) is 10.2. The van der Waals surface area contributed by atoms with Crippen LogP contribution in [0.2, 0.25) is 0 Å². The zero-order valence-corrected chi connectivity index (χ0v) is 11.6. The predicted molar refractivity (Wildman–Crippen MR) is 75.4 cm³/mol. The van der Waals surface area contributed by atoms with Crippen molar-refractivity contribution in [3.05, 3.63) is 48.0 Å². The van der Waals surface area contributed by atoms with E-state index < -0.39 is 6.03 Å². The molecule has 1 fully saturated rings. The minimum Gasteiger partial charge on any atom is -0.377 e. The van der Waals surface area contributed by atoms with Crippen LogP contribution in [0.25, 0.3) is 0 Å². The number of benzene rings is 1. The van der Waals surface area contributed by atoms with Gasteiger partial charge in [-0.25, -0.2) is 14.5 Å². The summed E-state index contributed by atoms with van der Waals surface area (Å²) in [6.07, 6.45) is 1.66. The number of aromatic nitrogens is 3. The van der Waals surface area contributed by atoms with E-state index in [4.69, 9.17) is 10.5 Å². The Labute approximate surface area is 122 Å². The second-order valence-corrected chi connectivity index (χ2v) is 4.91. The number of primary amides is 1. The van der Waals surface area contributed by atoms with Gasteiger partial charge in [0.15, 0.2) is 5.82 Å². The van der Waals surface area contributed by atoms with Gasteiger partial charge in [-0.1, -0.05) is 30.3 Å². The summed E-state index contributed by atoms with van der Waals surface area (Å²) in [5.41, 5.74) is 6.53. The van der Waals surface area contributed by atoms with Gasteiger partial charge >= 0.3 is 6.03 Å². The summed E-state index contributed by atoms with van der Waals surface area (Å²) in [5, 5.41) is 4.44. The molecule has 0 saturated carbocycles. The van der Waals surface area contributed by atoms with Crippen LogP contribution in [0.3, 0.4) is 0 Å². The average Bonchev–Trinajstić information content (AvgIpc) is 2.96. The molecule has 2 heterocycles. The first kappa shape index (κ1) is 13.6. The second-order valence-electron chi connectivity index (χ2n) is 4.91. The molecular formula is C14H17N5O2. The number of hydrogen-bond acceptors (Lipinski definition) is 4. The molecule has 3 rings (SSSR count). The molecule has 1 atom stereocenters. The number of rotatable bonds is 3. The van der Waals surface area contributed by atoms with E-state index in [1.165, 1.54) is 0 Å². The zero-order valence-electron chi connectivity index (χ0n) is 11.6. The normalized spacial score (nSPS) is 18.7. The van der Waals surface area contributed by atoms with Gasteiger partial charge in [0.25, 0.3) is 0 Å². The Morgan fingerprint density at radius 1 is 1.38 bits per heavy atom. The van der Waals surface area contributed by atoms with E-state index >= 15 is 0 Å². The summed E-state index contributed by atoms with van der Waals surface area (Å²) in [6.45, 7) is 1.97. The molecule has 0 spiro atoms. The van der Waals surface area contributed by atoms with Crippen molar-refractivity contribution < 1.29 is 9.53 Å². The number of morpholine rings is 1. The van der Waals surface area contributed by atoms with Crippen molar-refractivity contribution in [1.29, 1.82) is 0 Å². The second kappa shape index (κ2) is 5.92. The Morgan fingerprint density at radius 2 is 2.19 bits per heavy atom. The van der Waals surface area contributed by atoms with Crippen LogP contribution in [-0.2, 0) is 11.3 Å². The third kappa shape index (κ3) is 3.03. The molecule has 7 nitrogen and oxygen atoms in total. The molecule has 2 aromatic rings. The van der Waals surface area contributed by atoms with Crippen molar-refractivity contribution >= 4 is 6.03 Å². The summed E-state index contributed by atoms with van der Waals surface area (Å²) >= 11 is 0. The van der Waals surface area contributed by atoms with E-state index in [-0.39, 0.29) is 6.04 Å². The zero-order chi connectivity index (χ0) is 14.7. The fourth-order valence-electron chi connectivity index (χ4n) is 2.39. The van der Waals surface area contributed by atoms with Crippen LogP contribution in [0.4, 0.5) is 4.79 Å². The third-order valence-electron chi connectivity index (χ3n) is 3.45. The monoisotopic (exact) mass is 287 g/mol. The minimum absolute atomic E-state index is 0.312. The van der Waals surface area contributed by atoms with Gasteiger partial charge in [0, 0.05) is 6.54 Å². The molecule has 2 amide bonds. The van der Waals surface area contributed by atoms with Crippen LogP contribution in [0, 0.1) is 0 Å². The number of nitrogens with two attached hydrogens (primary N) is 1. The number of nitrogens with zero attached hydrogens (tertiary/aromatic N) is 4. The first-order valence-electron chi connectivity index (χ1n) is 6.81. The van der Waals surface area contributed by atoms with Crippen molar-refractivity contribution in [2.24, 2.45) is 5.73 Å². The molecule has 2 N–H and O–H groups in total. The van der Waals surface area contributed by atoms with Crippen molar-refractivity contribution in [1.82, 2.24) is 19.7 Å². The van der Waals surface area contributed by atoms with Gasteiger partial charge in [0.2, 0.25) is 0 Å². The summed E-state index contributed by atoms with van der Waals surface area (Å²) in [5.74, 6) is 0.560. The van der Waals surface area contributed by atoms with Crippen LogP contribution < -0.4 is 5.73 Å². The molecule has 0 aliphatic carbocycles. The van der Waals surface area contributed by atoms with Crippen molar-refractivity contribution in [2.75, 3.05) is 19.8 Å². The Bertz CT molecular complexity index is 613. The number of amides is 2. The predicted octanol–water partition coefficient (Wildman–Crippen LogP) is 0.778. The lowest BCUT2D eigenvalue weighted by Crippen LogP contribution is -2.46. The van der Waals surface area contributed by atoms with Crippen LogP contribution >= 0.6 is 0 Å². The maximum atomic E-state index is 11.5. The lowest BCUT2D eigenvalue weighted by Gasteiger charge is -2.32. The van der Waals surface area contributed by atoms with Gasteiger partial charge in [-0.05, 0) is 5.56 Å². The van der Waals surface area contributed by atoms with Gasteiger partial charge in [-0.2, -0.15) is 5.10 Å². The van der Waals surface area contributed by atoms with E-state index in [0.29, 0.717) is 32.1 Å². The smallest absolute Gasteiger partial charge is 0.315 e. The highest BCUT2D eigenvalue weighted by Gasteiger charge is 2.30. The van der Waals surface area contributed by atoms with E-state index in [2.05, 4.69) is 10.1 Å². The van der Waals surface area contributed by atoms with Gasteiger partial charge in [-0.3, -0.25) is 0 Å². The fourth-order valence-corrected chi connectivity index (χ4v) is 2.39. The fraction of sp³-hybridized carbons (Fsp3) is 0.357. The lowest BCUT2D eigenvalue weighted by atomic mass is 10.2. The largest absolute Gasteiger partial charge is 0.377 e. The Hall–Kier alpha value is -2.41. The van der Waals surface area contributed by atoms with Gasteiger partial charge in [0.05, 0.1) is 19.8 Å². The highest BCUT2D eigenvalue weighted by atomic mass is 16.5. The van der Waals surface area contributed by atoms with Gasteiger partial charge in [-0.15, -0.1) is 0 Å². The molecule has 0 bridgehead atoms. The van der Waals surface area contributed by atoms with Crippen LogP contribution in [0.5, 0.6) is 0 Å². The molecule has 1 aromatic heterocycles. The molecular weight excluding hydrogens is 270 g/mol. The minimum atomic E-state index is -0.470. The molecule has 1 saturated heterocycles. The molecule has 21 heavy (non-hydrogen) atoms. The highest BCUT2D eigenvalue weighted by molar-refractivity contribution is 5.72. The molecule has 1 unspecified atom stereocenters. The molecule has 1 aromatic carbocycles. The highest BCUT2D eigenvalue weighted by Crippen LogP contribution is 2.20. The number of carbonyl (C=O) groups excluding carboxylic acids is 1. The SMILES string of the molecule is NC(=O)N1CCOCC1c1ncn(Cc2ccccc2)n1. The Morgan fingerprint density at radius 3 is 2.95 bits per heavy atom. The summed E-state index contributed by atoms with van der Waals surface area (Å²) < 4.78 is 7.15. The molecule has 110 valence electrons. The number of urea groups is 1. The van der Waals surface area contributed by atoms with Gasteiger partial charge < -0.3 is 15.4 Å². The number of ether oxygens (including phenoxy) is 1. The van der Waals surface area contributed by atoms with E-state index in [1.807, 2.05) is 30.3 Å². The molecule has 1 aliphatic rings. The average molecular weight is 287 g/mol. The molecule has 1 aliphatic heterocycles. The van der Waals surface area contributed by atoms with Crippen LogP contribution in [-0.4, -0.2) is 45.5 Å². The molecule has 0 radical (unpaired) electrons. The quantitative estimate of drug-likeness (QED) is 0.903. The number of carbonyl (C=O) groups is 1. The third-order valence-corrected chi connectivity index (χ3v) is 3.45. The first-order valence-corrected chi connectivity index (χ1v) is 6.81. The van der Waals surface area contributed by atoms with Crippen molar-refractivity contribution in [3.63, 3.8) is 0 Å². The maximum absolute atomic E-state index is 11.5. The molecule has 7 heteroatoms. The van der Waals surface area contributed by atoms with Gasteiger partial charge in [0.1, 0.15) is 12.4 Å². The van der Waals surface area contributed by atoms with Crippen LogP contribution in [0.1, 0.15) is 17.4 Å². The Kier molecular flexibility index (Phi) is 3.83. The summed E-state index contributed by atoms with van der Waals surface area (Å²) in [4.78, 5) is 17.3. The Balaban J connectivity index is 1.76. The van der Waals surface area contributed by atoms with E-state index in [0.717, 1.165) is 5.56 Å². The topological polar surface area (TPSA) is 86.3 Å². The van der Waals surface area contributed by atoms with Crippen molar-refractivity contribution in [2.45, 2.75) is 12.6 Å². The van der Waals surface area contributed by atoms with Crippen LogP contribution in [0.15, 0.2) is 36.7 Å². The summed E-state index contributed by atoms with van der Waals surface area (Å²) in [7, 11) is 0.